The molecule has 0 N–H and O–H groups in total. The van der Waals surface area contributed by atoms with Gasteiger partial charge in [0, 0.05) is 0 Å². The van der Waals surface area contributed by atoms with E-state index in [0.29, 0.717) is 0 Å². The molecule has 22 heavy (non-hydrogen) atoms. The van der Waals surface area contributed by atoms with Gasteiger partial charge in [-0.3, -0.25) is 0 Å². The minimum absolute atomic E-state index is 0.819. The zero-order chi connectivity index (χ0) is 15.9. The average molecular weight is 296 g/mol. The second-order valence-corrected chi connectivity index (χ2v) is 6.16. The fourth-order valence-electron chi connectivity index (χ4n) is 2.64. The molecular formula is C21H28O. The zero-order valence-electron chi connectivity index (χ0n) is 14.4. The summed E-state index contributed by atoms with van der Waals surface area (Å²) in [4.78, 5) is 0. The summed E-state index contributed by atoms with van der Waals surface area (Å²) in [5, 5.41) is 0. The van der Waals surface area contributed by atoms with Crippen LogP contribution in [-0.2, 0) is 12.8 Å². The second-order valence-electron chi connectivity index (χ2n) is 6.16. The van der Waals surface area contributed by atoms with Crippen LogP contribution in [0, 0.1) is 20.8 Å². The van der Waals surface area contributed by atoms with Crippen molar-refractivity contribution in [2.24, 2.45) is 0 Å². The fourth-order valence-corrected chi connectivity index (χ4v) is 2.64. The molecule has 1 heteroatoms. The van der Waals surface area contributed by atoms with Crippen molar-refractivity contribution >= 4 is 0 Å². The van der Waals surface area contributed by atoms with E-state index in [0.717, 1.165) is 31.6 Å². The van der Waals surface area contributed by atoms with Crippen molar-refractivity contribution in [1.82, 2.24) is 0 Å². The Bertz CT molecular complexity index is 596. The monoisotopic (exact) mass is 296 g/mol. The van der Waals surface area contributed by atoms with Crippen molar-refractivity contribution in [1.29, 1.82) is 0 Å². The molecule has 0 amide bonds. The van der Waals surface area contributed by atoms with E-state index in [1.54, 1.807) is 0 Å². The van der Waals surface area contributed by atoms with Crippen molar-refractivity contribution in [3.63, 3.8) is 0 Å². The summed E-state index contributed by atoms with van der Waals surface area (Å²) in [6, 6.07) is 13.2. The Balaban J connectivity index is 2.02. The van der Waals surface area contributed by atoms with Crippen LogP contribution in [0.25, 0.3) is 0 Å². The first-order valence-corrected chi connectivity index (χ1v) is 8.39. The molecule has 2 rings (SSSR count). The van der Waals surface area contributed by atoms with Gasteiger partial charge in [-0.15, -0.1) is 0 Å². The standard InChI is InChI=1S/C21H28O/c1-5-6-15-22-21-14-13-20(17(3)18(21)4)12-11-19-9-7-16(2)8-10-19/h7-10,13-14H,5-6,11-12,15H2,1-4H3. The van der Waals surface area contributed by atoms with E-state index in [-0.39, 0.29) is 0 Å². The molecule has 0 unspecified atom stereocenters. The van der Waals surface area contributed by atoms with Crippen LogP contribution in [0.5, 0.6) is 5.75 Å². The molecule has 2 aromatic rings. The highest BCUT2D eigenvalue weighted by molar-refractivity contribution is 5.44. The lowest BCUT2D eigenvalue weighted by molar-refractivity contribution is 0.307. The van der Waals surface area contributed by atoms with Gasteiger partial charge in [-0.2, -0.15) is 0 Å². The quantitative estimate of drug-likeness (QED) is 0.606. The smallest absolute Gasteiger partial charge is 0.122 e. The van der Waals surface area contributed by atoms with Crippen LogP contribution in [0.2, 0.25) is 0 Å². The van der Waals surface area contributed by atoms with Crippen molar-refractivity contribution < 1.29 is 4.74 Å². The molecule has 118 valence electrons. The van der Waals surface area contributed by atoms with Crippen molar-refractivity contribution in [3.05, 3.63) is 64.2 Å². The number of aryl methyl sites for hydroxylation is 3. The first-order chi connectivity index (χ1) is 10.6. The van der Waals surface area contributed by atoms with E-state index in [1.165, 1.54) is 34.2 Å². The lowest BCUT2D eigenvalue weighted by Crippen LogP contribution is -2.02. The molecule has 0 aliphatic carbocycles. The third-order valence-corrected chi connectivity index (χ3v) is 4.41. The minimum Gasteiger partial charge on any atom is -0.493 e. The molecule has 0 spiro atoms. The van der Waals surface area contributed by atoms with Crippen LogP contribution in [0.15, 0.2) is 36.4 Å². The Morgan fingerprint density at radius 2 is 1.55 bits per heavy atom. The van der Waals surface area contributed by atoms with Crippen LogP contribution < -0.4 is 4.74 Å². The first-order valence-electron chi connectivity index (χ1n) is 8.39. The molecule has 0 aliphatic rings. The van der Waals surface area contributed by atoms with Gasteiger partial charge < -0.3 is 4.74 Å². The first kappa shape index (κ1) is 16.6. The topological polar surface area (TPSA) is 9.23 Å². The largest absolute Gasteiger partial charge is 0.493 e. The maximum Gasteiger partial charge on any atom is 0.122 e. The SMILES string of the molecule is CCCCOc1ccc(CCc2ccc(C)cc2)c(C)c1C. The number of rotatable bonds is 7. The predicted molar refractivity (Wildman–Crippen MR) is 94.9 cm³/mol. The summed E-state index contributed by atoms with van der Waals surface area (Å²) in [6.07, 6.45) is 4.47. The fraction of sp³-hybridized carbons (Fsp3) is 0.429. The van der Waals surface area contributed by atoms with Gasteiger partial charge in [-0.05, 0) is 68.4 Å². The maximum atomic E-state index is 5.89. The number of unbranched alkanes of at least 4 members (excludes halogenated alkanes) is 1. The number of ether oxygens (including phenoxy) is 1. The van der Waals surface area contributed by atoms with E-state index < -0.39 is 0 Å². The zero-order valence-corrected chi connectivity index (χ0v) is 14.4. The van der Waals surface area contributed by atoms with Gasteiger partial charge in [-0.1, -0.05) is 49.2 Å². The number of benzene rings is 2. The molecule has 0 heterocycles. The summed E-state index contributed by atoms with van der Waals surface area (Å²) in [5.41, 5.74) is 6.83. The van der Waals surface area contributed by atoms with Crippen LogP contribution in [0.3, 0.4) is 0 Å². The van der Waals surface area contributed by atoms with Gasteiger partial charge in [0.15, 0.2) is 0 Å². The second kappa shape index (κ2) is 8.03. The third kappa shape index (κ3) is 4.37. The van der Waals surface area contributed by atoms with E-state index in [2.05, 4.69) is 64.1 Å². The Hall–Kier alpha value is -1.76. The summed E-state index contributed by atoms with van der Waals surface area (Å²) >= 11 is 0. The van der Waals surface area contributed by atoms with Crippen LogP contribution in [0.1, 0.15) is 47.6 Å². The van der Waals surface area contributed by atoms with E-state index in [4.69, 9.17) is 4.74 Å². The summed E-state index contributed by atoms with van der Waals surface area (Å²) in [6.45, 7) is 9.53. The molecule has 0 saturated heterocycles. The van der Waals surface area contributed by atoms with E-state index in [9.17, 15) is 0 Å². The maximum absolute atomic E-state index is 5.89. The van der Waals surface area contributed by atoms with Crippen LogP contribution in [0.4, 0.5) is 0 Å². The van der Waals surface area contributed by atoms with Gasteiger partial charge in [0.25, 0.3) is 0 Å². The molecule has 0 aliphatic heterocycles. The van der Waals surface area contributed by atoms with Crippen molar-refractivity contribution in [2.45, 2.75) is 53.4 Å². The Morgan fingerprint density at radius 3 is 2.23 bits per heavy atom. The van der Waals surface area contributed by atoms with Crippen LogP contribution in [-0.4, -0.2) is 6.61 Å². The average Bonchev–Trinajstić information content (AvgIpc) is 2.52. The normalized spacial score (nSPS) is 10.7. The molecule has 0 atom stereocenters. The van der Waals surface area contributed by atoms with Gasteiger partial charge in [-0.25, -0.2) is 0 Å². The lowest BCUT2D eigenvalue weighted by Gasteiger charge is -2.14. The Morgan fingerprint density at radius 1 is 0.818 bits per heavy atom. The molecule has 1 nitrogen and oxygen atoms in total. The minimum atomic E-state index is 0.819. The molecule has 0 aromatic heterocycles. The van der Waals surface area contributed by atoms with E-state index >= 15 is 0 Å². The molecular weight excluding hydrogens is 268 g/mol. The Labute approximate surface area is 135 Å². The highest BCUT2D eigenvalue weighted by Gasteiger charge is 2.07. The highest BCUT2D eigenvalue weighted by Crippen LogP contribution is 2.25. The summed E-state index contributed by atoms with van der Waals surface area (Å²) in [5.74, 6) is 1.05. The van der Waals surface area contributed by atoms with Crippen LogP contribution >= 0.6 is 0 Å². The van der Waals surface area contributed by atoms with Gasteiger partial charge >= 0.3 is 0 Å². The molecule has 0 bridgehead atoms. The molecule has 0 radical (unpaired) electrons. The van der Waals surface area contributed by atoms with Crippen molar-refractivity contribution in [2.75, 3.05) is 6.61 Å². The predicted octanol–water partition coefficient (Wildman–Crippen LogP) is 5.58. The summed E-state index contributed by atoms with van der Waals surface area (Å²) in [7, 11) is 0. The molecule has 0 saturated carbocycles. The molecule has 0 fully saturated rings. The third-order valence-electron chi connectivity index (χ3n) is 4.41. The van der Waals surface area contributed by atoms with Gasteiger partial charge in [0.05, 0.1) is 6.61 Å². The lowest BCUT2D eigenvalue weighted by atomic mass is 9.96. The molecule has 2 aromatic carbocycles. The summed E-state index contributed by atoms with van der Waals surface area (Å²) < 4.78 is 5.89. The van der Waals surface area contributed by atoms with Gasteiger partial charge in [0.2, 0.25) is 0 Å². The van der Waals surface area contributed by atoms with Gasteiger partial charge in [0.1, 0.15) is 5.75 Å². The number of hydrogen-bond acceptors (Lipinski definition) is 1. The Kier molecular flexibility index (Phi) is 6.06. The highest BCUT2D eigenvalue weighted by atomic mass is 16.5. The van der Waals surface area contributed by atoms with E-state index in [1.807, 2.05) is 0 Å². The number of hydrogen-bond donors (Lipinski definition) is 0. The van der Waals surface area contributed by atoms with Crippen molar-refractivity contribution in [3.8, 4) is 5.75 Å².